The van der Waals surface area contributed by atoms with Crippen molar-refractivity contribution in [3.8, 4) is 5.69 Å². The molecule has 0 radical (unpaired) electrons. The maximum Gasteiger partial charge on any atom is 0.275 e. The van der Waals surface area contributed by atoms with Gasteiger partial charge < -0.3 is 15.1 Å². The monoisotopic (exact) mass is 419 g/mol. The predicted octanol–water partition coefficient (Wildman–Crippen LogP) is -0.929. The second-order valence-electron chi connectivity index (χ2n) is 9.05. The van der Waals surface area contributed by atoms with Gasteiger partial charge in [-0.25, -0.2) is 0 Å². The molecule has 1 aromatic carbocycles. The normalized spacial score (nSPS) is 19.9. The number of nitrogens with one attached hydrogen (secondary N) is 3. The number of rotatable bonds is 5. The summed E-state index contributed by atoms with van der Waals surface area (Å²) in [5.74, 6) is 0.120. The Balaban J connectivity index is 1.59. The van der Waals surface area contributed by atoms with Gasteiger partial charge in [0, 0.05) is 5.54 Å². The third kappa shape index (κ3) is 5.49. The van der Waals surface area contributed by atoms with Crippen LogP contribution in [0, 0.1) is 18.6 Å². The fourth-order valence-electron chi connectivity index (χ4n) is 3.85. The molecule has 158 valence electrons. The Bertz CT molecular complexity index is 899. The molecule has 3 rings (SSSR count). The van der Waals surface area contributed by atoms with E-state index in [4.69, 9.17) is 12.2 Å². The van der Waals surface area contributed by atoms with Crippen LogP contribution < -0.4 is 15.1 Å². The fraction of sp³-hybridized carbons (Fsp3) is 0.600. The van der Waals surface area contributed by atoms with Crippen molar-refractivity contribution < 1.29 is 14.6 Å². The SMILES string of the molecule is Cc1cccc(C)c1-n1nnn(C[NH+]2CC[NH+](CC(=O)NC(C)(C)C)CC2)c1=S. The fourth-order valence-corrected chi connectivity index (χ4v) is 4.08. The van der Waals surface area contributed by atoms with Gasteiger partial charge in [-0.2, -0.15) is 9.36 Å². The van der Waals surface area contributed by atoms with Gasteiger partial charge in [-0.15, -0.1) is 0 Å². The third-order valence-corrected chi connectivity index (χ3v) is 5.64. The minimum absolute atomic E-state index is 0.120. The molecule has 0 bridgehead atoms. The second-order valence-corrected chi connectivity index (χ2v) is 9.41. The molecule has 8 nitrogen and oxygen atoms in total. The van der Waals surface area contributed by atoms with Gasteiger partial charge in [0.15, 0.2) is 13.2 Å². The van der Waals surface area contributed by atoms with Crippen molar-refractivity contribution >= 4 is 18.1 Å². The molecule has 0 saturated carbocycles. The molecular formula is C20H33N7OS+2. The largest absolute Gasteiger partial charge is 0.347 e. The van der Waals surface area contributed by atoms with Crippen LogP contribution in [0.2, 0.25) is 0 Å². The first-order chi connectivity index (χ1) is 13.6. The van der Waals surface area contributed by atoms with E-state index in [1.54, 1.807) is 4.68 Å². The average Bonchev–Trinajstić information content (AvgIpc) is 2.96. The van der Waals surface area contributed by atoms with Crippen LogP contribution in [0.25, 0.3) is 5.69 Å². The molecule has 1 aliphatic heterocycles. The lowest BCUT2D eigenvalue weighted by molar-refractivity contribution is -1.02. The van der Waals surface area contributed by atoms with E-state index in [1.165, 1.54) is 9.80 Å². The van der Waals surface area contributed by atoms with Gasteiger partial charge in [-0.05, 0) is 68.4 Å². The number of nitrogens with zero attached hydrogens (tertiary/aromatic N) is 4. The Morgan fingerprint density at radius 3 is 2.28 bits per heavy atom. The van der Waals surface area contributed by atoms with E-state index in [0.29, 0.717) is 18.0 Å². The number of tetrazole rings is 1. The van der Waals surface area contributed by atoms with Crippen LogP contribution in [-0.2, 0) is 11.5 Å². The molecule has 0 atom stereocenters. The zero-order valence-corrected chi connectivity index (χ0v) is 18.9. The summed E-state index contributed by atoms with van der Waals surface area (Å²) in [5, 5.41) is 11.7. The minimum Gasteiger partial charge on any atom is -0.347 e. The van der Waals surface area contributed by atoms with E-state index in [0.717, 1.165) is 43.0 Å². The van der Waals surface area contributed by atoms with Gasteiger partial charge in [0.25, 0.3) is 5.91 Å². The average molecular weight is 420 g/mol. The molecule has 2 heterocycles. The summed E-state index contributed by atoms with van der Waals surface area (Å²) in [4.78, 5) is 14.9. The molecule has 0 aliphatic carbocycles. The van der Waals surface area contributed by atoms with Gasteiger partial charge in [0.05, 0.1) is 5.69 Å². The zero-order valence-electron chi connectivity index (χ0n) is 18.1. The zero-order chi connectivity index (χ0) is 21.2. The maximum atomic E-state index is 12.2. The van der Waals surface area contributed by atoms with E-state index in [1.807, 2.05) is 31.5 Å². The van der Waals surface area contributed by atoms with E-state index < -0.39 is 0 Å². The highest BCUT2D eigenvalue weighted by Gasteiger charge is 2.27. The number of aromatic nitrogens is 4. The molecule has 0 unspecified atom stereocenters. The Morgan fingerprint density at radius 1 is 1.10 bits per heavy atom. The molecule has 1 saturated heterocycles. The molecular weight excluding hydrogens is 386 g/mol. The summed E-state index contributed by atoms with van der Waals surface area (Å²) in [7, 11) is 0. The lowest BCUT2D eigenvalue weighted by Crippen LogP contribution is -3.28. The van der Waals surface area contributed by atoms with E-state index >= 15 is 0 Å². The molecule has 1 fully saturated rings. The first-order valence-corrected chi connectivity index (χ1v) is 10.6. The number of hydrogen-bond acceptors (Lipinski definition) is 4. The van der Waals surface area contributed by atoms with E-state index in [9.17, 15) is 4.79 Å². The molecule has 1 aromatic heterocycles. The number of para-hydroxylation sites is 1. The first-order valence-electron chi connectivity index (χ1n) is 10.2. The number of hydrogen-bond donors (Lipinski definition) is 3. The highest BCUT2D eigenvalue weighted by molar-refractivity contribution is 7.71. The standard InChI is InChI=1S/C20H31N7OS/c1-15-7-6-8-16(2)18(15)27-19(29)26(22-23-27)14-25-11-9-24(10-12-25)13-17(28)21-20(3,4)5/h6-8H,9-14H2,1-5H3,(H,21,28)/p+2. The summed E-state index contributed by atoms with van der Waals surface area (Å²) in [6.45, 7) is 15.3. The summed E-state index contributed by atoms with van der Waals surface area (Å²) < 4.78 is 4.19. The number of carbonyl (C=O) groups excluding carboxylic acids is 1. The number of quaternary nitrogens is 2. The van der Waals surface area contributed by atoms with Crippen LogP contribution in [0.5, 0.6) is 0 Å². The minimum atomic E-state index is -0.179. The molecule has 1 amide bonds. The van der Waals surface area contributed by atoms with E-state index in [2.05, 4.69) is 41.7 Å². The number of benzene rings is 1. The number of carbonyl (C=O) groups is 1. The Labute approximate surface area is 177 Å². The van der Waals surface area contributed by atoms with Crippen molar-refractivity contribution in [2.75, 3.05) is 32.7 Å². The summed E-state index contributed by atoms with van der Waals surface area (Å²) >= 11 is 5.66. The smallest absolute Gasteiger partial charge is 0.275 e. The Morgan fingerprint density at radius 2 is 1.69 bits per heavy atom. The molecule has 2 aromatic rings. The van der Waals surface area contributed by atoms with Crippen LogP contribution in [0.4, 0.5) is 0 Å². The number of piperazine rings is 1. The van der Waals surface area contributed by atoms with Crippen molar-refractivity contribution in [3.05, 3.63) is 34.1 Å². The highest BCUT2D eigenvalue weighted by atomic mass is 32.1. The Hall–Kier alpha value is -2.10. The van der Waals surface area contributed by atoms with Gasteiger partial charge in [0.2, 0.25) is 4.77 Å². The quantitative estimate of drug-likeness (QED) is 0.548. The van der Waals surface area contributed by atoms with E-state index in [-0.39, 0.29) is 11.4 Å². The van der Waals surface area contributed by atoms with Crippen molar-refractivity contribution in [1.82, 2.24) is 25.1 Å². The third-order valence-electron chi connectivity index (χ3n) is 5.25. The second kappa shape index (κ2) is 8.73. The molecule has 1 aliphatic rings. The van der Waals surface area contributed by atoms with Crippen LogP contribution >= 0.6 is 12.2 Å². The topological polar surface area (TPSA) is 73.6 Å². The van der Waals surface area contributed by atoms with Crippen molar-refractivity contribution in [2.45, 2.75) is 46.8 Å². The van der Waals surface area contributed by atoms with Crippen molar-refractivity contribution in [2.24, 2.45) is 0 Å². The van der Waals surface area contributed by atoms with Crippen molar-refractivity contribution in [3.63, 3.8) is 0 Å². The maximum absolute atomic E-state index is 12.2. The molecule has 3 N–H and O–H groups in total. The van der Waals surface area contributed by atoms with Crippen LogP contribution in [-0.4, -0.2) is 64.0 Å². The predicted molar refractivity (Wildman–Crippen MR) is 114 cm³/mol. The van der Waals surface area contributed by atoms with Gasteiger partial charge in [-0.3, -0.25) is 4.79 Å². The summed E-state index contributed by atoms with van der Waals surface area (Å²) in [6, 6.07) is 6.16. The van der Waals surface area contributed by atoms with Crippen molar-refractivity contribution in [1.29, 1.82) is 0 Å². The van der Waals surface area contributed by atoms with Crippen LogP contribution in [0.3, 0.4) is 0 Å². The lowest BCUT2D eigenvalue weighted by Gasteiger charge is -2.30. The van der Waals surface area contributed by atoms with Gasteiger partial charge in [0.1, 0.15) is 26.2 Å². The molecule has 29 heavy (non-hydrogen) atoms. The Kier molecular flexibility index (Phi) is 6.50. The lowest BCUT2D eigenvalue weighted by atomic mass is 10.1. The molecule has 9 heteroatoms. The summed E-state index contributed by atoms with van der Waals surface area (Å²) in [6.07, 6.45) is 0. The molecule has 0 spiro atoms. The summed E-state index contributed by atoms with van der Waals surface area (Å²) in [5.41, 5.74) is 3.09. The highest BCUT2D eigenvalue weighted by Crippen LogP contribution is 2.17. The van der Waals surface area contributed by atoms with Crippen LogP contribution in [0.15, 0.2) is 18.2 Å². The van der Waals surface area contributed by atoms with Gasteiger partial charge >= 0.3 is 0 Å². The number of aryl methyl sites for hydroxylation is 2. The van der Waals surface area contributed by atoms with Gasteiger partial charge in [-0.1, -0.05) is 18.2 Å². The van der Waals surface area contributed by atoms with Crippen LogP contribution in [0.1, 0.15) is 31.9 Å². The first kappa shape index (κ1) is 21.6. The number of amides is 1.